The fourth-order valence-corrected chi connectivity index (χ4v) is 4.38. The predicted molar refractivity (Wildman–Crippen MR) is 151 cm³/mol. The van der Waals surface area contributed by atoms with Crippen LogP contribution in [0.1, 0.15) is 39.9 Å². The second kappa shape index (κ2) is 12.6. The number of aliphatic carboxylic acids is 2. The molecule has 0 spiro atoms. The summed E-state index contributed by atoms with van der Waals surface area (Å²) in [5.74, 6) is -2.92. The van der Waals surface area contributed by atoms with Crippen molar-refractivity contribution in [3.8, 4) is 0 Å². The molecule has 41 heavy (non-hydrogen) atoms. The van der Waals surface area contributed by atoms with E-state index in [1.54, 1.807) is 48.7 Å². The van der Waals surface area contributed by atoms with Crippen molar-refractivity contribution in [1.29, 1.82) is 0 Å². The van der Waals surface area contributed by atoms with Gasteiger partial charge >= 0.3 is 11.9 Å². The molecule has 0 saturated carbocycles. The fourth-order valence-electron chi connectivity index (χ4n) is 4.38. The number of hydrogen-bond donors (Lipinski definition) is 7. The highest BCUT2D eigenvalue weighted by Gasteiger charge is 2.22. The van der Waals surface area contributed by atoms with Gasteiger partial charge in [-0.2, -0.15) is 9.97 Å². The Hall–Kier alpha value is -5.46. The maximum atomic E-state index is 12.7. The van der Waals surface area contributed by atoms with Crippen LogP contribution in [0.5, 0.6) is 0 Å². The number of hydrogen-bond acceptors (Lipinski definition) is 8. The molecule has 0 fully saturated rings. The molecule has 2 heterocycles. The van der Waals surface area contributed by atoms with Crippen molar-refractivity contribution in [3.05, 3.63) is 77.0 Å². The lowest BCUT2D eigenvalue weighted by Gasteiger charge is -2.15. The summed E-state index contributed by atoms with van der Waals surface area (Å²) in [6.07, 6.45) is 2.58. The Kier molecular flexibility index (Phi) is 8.77. The average Bonchev–Trinajstić information content (AvgIpc) is 3.32. The van der Waals surface area contributed by atoms with Crippen LogP contribution in [0.4, 0.5) is 17.5 Å². The third-order valence-electron chi connectivity index (χ3n) is 6.39. The number of rotatable bonds is 12. The van der Waals surface area contributed by atoms with Crippen LogP contribution in [0.3, 0.4) is 0 Å². The van der Waals surface area contributed by atoms with Gasteiger partial charge in [0.25, 0.3) is 5.91 Å². The van der Waals surface area contributed by atoms with Crippen LogP contribution < -0.4 is 22.1 Å². The van der Waals surface area contributed by atoms with Gasteiger partial charge in [0.1, 0.15) is 17.5 Å². The number of carbonyl (C=O) groups is 4. The molecule has 0 aliphatic carbocycles. The molecule has 1 atom stereocenters. The van der Waals surface area contributed by atoms with Crippen molar-refractivity contribution in [2.75, 3.05) is 16.8 Å². The number of aromatic amines is 1. The van der Waals surface area contributed by atoms with Crippen molar-refractivity contribution in [2.24, 2.45) is 0 Å². The molecule has 2 aromatic heterocycles. The van der Waals surface area contributed by atoms with E-state index in [2.05, 4.69) is 25.6 Å². The summed E-state index contributed by atoms with van der Waals surface area (Å²) in [7, 11) is 0. The minimum Gasteiger partial charge on any atom is -0.481 e. The summed E-state index contributed by atoms with van der Waals surface area (Å²) in [5, 5.41) is 24.3. The van der Waals surface area contributed by atoms with Gasteiger partial charge in [-0.25, -0.2) is 4.79 Å². The maximum absolute atomic E-state index is 12.7. The third kappa shape index (κ3) is 7.56. The number of carboxylic acid groups (broad SMARTS) is 2. The Labute approximate surface area is 234 Å². The number of fused-ring (bicyclic) bond motifs is 1. The first kappa shape index (κ1) is 28.5. The summed E-state index contributed by atoms with van der Waals surface area (Å²) in [6, 6.07) is 11.9. The van der Waals surface area contributed by atoms with E-state index in [0.717, 1.165) is 16.5 Å². The molecular weight excluding hydrogens is 530 g/mol. The van der Waals surface area contributed by atoms with Gasteiger partial charge in [-0.15, -0.1) is 0 Å². The van der Waals surface area contributed by atoms with E-state index in [0.29, 0.717) is 35.6 Å². The molecule has 2 amide bonds. The number of nitrogens with two attached hydrogens (primary N) is 2. The monoisotopic (exact) mass is 559 g/mol. The van der Waals surface area contributed by atoms with Crippen LogP contribution in [-0.2, 0) is 33.6 Å². The number of carbonyl (C=O) groups excluding carboxylic acids is 2. The minimum atomic E-state index is -1.28. The average molecular weight is 560 g/mol. The van der Waals surface area contributed by atoms with Gasteiger partial charge < -0.3 is 37.3 Å². The molecule has 0 aliphatic heterocycles. The Balaban J connectivity index is 1.30. The second-order valence-electron chi connectivity index (χ2n) is 9.42. The molecule has 0 aliphatic rings. The Morgan fingerprint density at radius 3 is 2.41 bits per heavy atom. The first-order chi connectivity index (χ1) is 19.6. The lowest BCUT2D eigenvalue weighted by Crippen LogP contribution is -2.41. The van der Waals surface area contributed by atoms with E-state index in [9.17, 15) is 24.3 Å². The van der Waals surface area contributed by atoms with Gasteiger partial charge in [0.05, 0.1) is 11.8 Å². The summed E-state index contributed by atoms with van der Waals surface area (Å²) in [5.41, 5.74) is 15.3. The molecular formula is C28H29N7O6. The predicted octanol–water partition coefficient (Wildman–Crippen LogP) is 2.14. The number of amides is 2. The normalized spacial score (nSPS) is 11.6. The van der Waals surface area contributed by atoms with Crippen LogP contribution in [0.2, 0.25) is 0 Å². The minimum absolute atomic E-state index is 0.0888. The molecule has 0 saturated heterocycles. The number of H-pyrrole nitrogens is 1. The van der Waals surface area contributed by atoms with Crippen molar-refractivity contribution < 1.29 is 29.4 Å². The van der Waals surface area contributed by atoms with E-state index in [-0.39, 0.29) is 30.8 Å². The fraction of sp³-hybridized carbons (Fsp3) is 0.214. The Morgan fingerprint density at radius 2 is 1.71 bits per heavy atom. The summed E-state index contributed by atoms with van der Waals surface area (Å²) < 4.78 is 0. The van der Waals surface area contributed by atoms with Crippen LogP contribution in [0.25, 0.3) is 11.0 Å². The highest BCUT2D eigenvalue weighted by Crippen LogP contribution is 2.24. The zero-order valence-corrected chi connectivity index (χ0v) is 21.9. The molecule has 0 bridgehead atoms. The molecule has 0 radical (unpaired) electrons. The molecule has 9 N–H and O–H groups in total. The van der Waals surface area contributed by atoms with E-state index < -0.39 is 29.8 Å². The zero-order chi connectivity index (χ0) is 29.5. The zero-order valence-electron chi connectivity index (χ0n) is 21.9. The second-order valence-corrected chi connectivity index (χ2v) is 9.42. The van der Waals surface area contributed by atoms with Crippen molar-refractivity contribution in [3.63, 3.8) is 0 Å². The number of aryl methyl sites for hydroxylation is 2. The molecule has 4 rings (SSSR count). The van der Waals surface area contributed by atoms with Gasteiger partial charge in [0, 0.05) is 23.9 Å². The first-order valence-corrected chi connectivity index (χ1v) is 12.7. The molecule has 212 valence electrons. The largest absolute Gasteiger partial charge is 0.481 e. The van der Waals surface area contributed by atoms with Gasteiger partial charge in [0.15, 0.2) is 0 Å². The number of nitrogens with zero attached hydrogens (tertiary/aromatic N) is 2. The molecule has 13 heteroatoms. The van der Waals surface area contributed by atoms with Crippen LogP contribution in [-0.4, -0.2) is 55.0 Å². The summed E-state index contributed by atoms with van der Waals surface area (Å²) in [6.45, 7) is 0. The topological polar surface area (TPSA) is 226 Å². The number of anilines is 3. The highest BCUT2D eigenvalue weighted by molar-refractivity contribution is 5.97. The van der Waals surface area contributed by atoms with Crippen molar-refractivity contribution in [1.82, 2.24) is 20.3 Å². The molecule has 2 aromatic carbocycles. The van der Waals surface area contributed by atoms with Crippen LogP contribution in [0.15, 0.2) is 54.7 Å². The first-order valence-electron chi connectivity index (χ1n) is 12.7. The molecule has 13 nitrogen and oxygen atoms in total. The lowest BCUT2D eigenvalue weighted by molar-refractivity contribution is -0.139. The van der Waals surface area contributed by atoms with E-state index in [1.807, 2.05) is 0 Å². The maximum Gasteiger partial charge on any atom is 0.326 e. The van der Waals surface area contributed by atoms with Crippen molar-refractivity contribution in [2.45, 2.75) is 38.1 Å². The molecule has 4 aromatic rings. The lowest BCUT2D eigenvalue weighted by atomic mass is 10.0. The number of aromatic nitrogens is 3. The van der Waals surface area contributed by atoms with Crippen LogP contribution >= 0.6 is 0 Å². The molecule has 0 unspecified atom stereocenters. The smallest absolute Gasteiger partial charge is 0.326 e. The number of carboxylic acids is 2. The van der Waals surface area contributed by atoms with E-state index >= 15 is 0 Å². The van der Waals surface area contributed by atoms with E-state index in [4.69, 9.17) is 16.6 Å². The van der Waals surface area contributed by atoms with Crippen LogP contribution in [0, 0.1) is 0 Å². The Morgan fingerprint density at radius 1 is 0.951 bits per heavy atom. The summed E-state index contributed by atoms with van der Waals surface area (Å²) >= 11 is 0. The number of nitrogen functional groups attached to an aromatic ring is 2. The van der Waals surface area contributed by atoms with Gasteiger partial charge in [-0.1, -0.05) is 24.3 Å². The quantitative estimate of drug-likeness (QED) is 0.134. The number of benzene rings is 2. The SMILES string of the molecule is Nc1nc(N)c2c(CCc3ccc(C(=O)N[C@@H](CCC(=O)Nc4cccc(CC(=O)O)c4)C(=O)O)cc3)c[nH]c2n1. The summed E-state index contributed by atoms with van der Waals surface area (Å²) in [4.78, 5) is 58.9. The highest BCUT2D eigenvalue weighted by atomic mass is 16.4. The van der Waals surface area contributed by atoms with Gasteiger partial charge in [-0.05, 0) is 60.2 Å². The third-order valence-corrected chi connectivity index (χ3v) is 6.39. The number of nitrogens with one attached hydrogen (secondary N) is 3. The van der Waals surface area contributed by atoms with Gasteiger partial charge in [-0.3, -0.25) is 14.4 Å². The Bertz CT molecular complexity index is 1600. The standard InChI is InChI=1S/C28H29N7O6/c29-24-23-18(14-31-25(23)35-28(30)34-24)9-6-15-4-7-17(8-5-15)26(39)33-20(27(40)41)10-11-21(36)32-19-3-1-2-16(12-19)13-22(37)38/h1-5,7-8,12,14,20H,6,9-11,13H2,(H,32,36)(H,33,39)(H,37,38)(H,40,41)(H5,29,30,31,34,35)/t20-/m0/s1. The van der Waals surface area contributed by atoms with Crippen molar-refractivity contribution >= 4 is 52.2 Å². The van der Waals surface area contributed by atoms with Gasteiger partial charge in [0.2, 0.25) is 11.9 Å². The van der Waals surface area contributed by atoms with E-state index in [1.165, 1.54) is 6.07 Å².